The van der Waals surface area contributed by atoms with Crippen LogP contribution < -0.4 is 5.19 Å². The maximum Gasteiger partial charge on any atom is 0.218 e. The molecule has 0 saturated carbocycles. The van der Waals surface area contributed by atoms with Crippen molar-refractivity contribution >= 4 is 27.9 Å². The molecule has 112 valence electrons. The second-order valence-electron chi connectivity index (χ2n) is 5.94. The highest BCUT2D eigenvalue weighted by atomic mass is 28.4. The molecule has 0 heterocycles. The summed E-state index contributed by atoms with van der Waals surface area (Å²) in [7, 11) is -3.36. The van der Waals surface area contributed by atoms with Crippen LogP contribution in [0, 0.1) is 0 Å². The van der Waals surface area contributed by atoms with Crippen LogP contribution in [-0.2, 0) is 8.85 Å². The van der Waals surface area contributed by atoms with Crippen molar-refractivity contribution in [1.29, 1.82) is 0 Å². The van der Waals surface area contributed by atoms with Gasteiger partial charge in [0.15, 0.2) is 0 Å². The van der Waals surface area contributed by atoms with E-state index in [1.54, 1.807) is 0 Å². The molecule has 0 saturated heterocycles. The normalized spacial score (nSPS) is 13.1. The van der Waals surface area contributed by atoms with Crippen LogP contribution in [0.15, 0.2) is 30.0 Å². The Kier molecular flexibility index (Phi) is 6.39. The standard InChI is InChI=1S/C16H28O2Si2/c1-7-17-19(3,4)14-13-15-9-11-16(12-10-15)20(5,6)18-8-2/h9-14H,7-8H2,1-6H3. The monoisotopic (exact) mass is 308 g/mol. The largest absolute Gasteiger partial charge is 0.414 e. The van der Waals surface area contributed by atoms with Crippen molar-refractivity contribution in [3.63, 3.8) is 0 Å². The average Bonchev–Trinajstić information content (AvgIpc) is 2.37. The third-order valence-electron chi connectivity index (χ3n) is 3.30. The number of benzene rings is 1. The number of rotatable bonds is 7. The minimum atomic E-state index is -1.71. The molecule has 0 unspecified atom stereocenters. The molecule has 2 nitrogen and oxygen atoms in total. The van der Waals surface area contributed by atoms with Gasteiger partial charge in [-0.3, -0.25) is 0 Å². The molecule has 0 fully saturated rings. The maximum atomic E-state index is 5.91. The van der Waals surface area contributed by atoms with Crippen LogP contribution in [0.4, 0.5) is 0 Å². The minimum absolute atomic E-state index is 0.787. The predicted octanol–water partition coefficient (Wildman–Crippen LogP) is 3.93. The van der Waals surface area contributed by atoms with E-state index in [0.717, 1.165) is 13.2 Å². The van der Waals surface area contributed by atoms with E-state index in [0.29, 0.717) is 0 Å². The molecule has 20 heavy (non-hydrogen) atoms. The van der Waals surface area contributed by atoms with Gasteiger partial charge in [0, 0.05) is 13.2 Å². The Bertz CT molecular complexity index is 436. The van der Waals surface area contributed by atoms with E-state index in [2.05, 4.69) is 76.1 Å². The van der Waals surface area contributed by atoms with Crippen LogP contribution in [0.2, 0.25) is 26.2 Å². The van der Waals surface area contributed by atoms with Crippen LogP contribution in [-0.4, -0.2) is 29.8 Å². The Balaban J connectivity index is 2.79. The molecule has 0 atom stereocenters. The van der Waals surface area contributed by atoms with Crippen molar-refractivity contribution in [2.45, 2.75) is 40.0 Å². The third kappa shape index (κ3) is 5.36. The zero-order valence-corrected chi connectivity index (χ0v) is 15.7. The SMILES string of the molecule is CCO[Si](C)(C)C=Cc1ccc([Si](C)(C)OCC)cc1. The van der Waals surface area contributed by atoms with E-state index in [4.69, 9.17) is 8.85 Å². The number of hydrogen-bond donors (Lipinski definition) is 0. The van der Waals surface area contributed by atoms with Crippen molar-refractivity contribution < 1.29 is 8.85 Å². The van der Waals surface area contributed by atoms with Crippen LogP contribution in [0.5, 0.6) is 0 Å². The molecule has 0 aliphatic carbocycles. The van der Waals surface area contributed by atoms with Gasteiger partial charge in [-0.15, -0.1) is 0 Å². The Morgan fingerprint density at radius 1 is 0.900 bits per heavy atom. The molecular weight excluding hydrogens is 280 g/mol. The summed E-state index contributed by atoms with van der Waals surface area (Å²) in [5.74, 6) is 0. The first-order valence-electron chi connectivity index (χ1n) is 7.38. The minimum Gasteiger partial charge on any atom is -0.414 e. The molecule has 1 aromatic rings. The van der Waals surface area contributed by atoms with Crippen molar-refractivity contribution in [2.75, 3.05) is 13.2 Å². The van der Waals surface area contributed by atoms with Crippen molar-refractivity contribution in [1.82, 2.24) is 0 Å². The van der Waals surface area contributed by atoms with E-state index >= 15 is 0 Å². The Labute approximate surface area is 126 Å². The Hall–Kier alpha value is -0.686. The fraction of sp³-hybridized carbons (Fsp3) is 0.500. The van der Waals surface area contributed by atoms with Gasteiger partial charge in [-0.25, -0.2) is 0 Å². The molecule has 1 rings (SSSR count). The van der Waals surface area contributed by atoms with Gasteiger partial charge in [0.1, 0.15) is 0 Å². The molecule has 0 amide bonds. The summed E-state index contributed by atoms with van der Waals surface area (Å²) in [6.45, 7) is 14.6. The van der Waals surface area contributed by atoms with Crippen molar-refractivity contribution in [2.24, 2.45) is 0 Å². The van der Waals surface area contributed by atoms with E-state index in [-0.39, 0.29) is 0 Å². The topological polar surface area (TPSA) is 18.5 Å². The summed E-state index contributed by atoms with van der Waals surface area (Å²) in [4.78, 5) is 0. The van der Waals surface area contributed by atoms with E-state index in [1.807, 2.05) is 0 Å². The van der Waals surface area contributed by atoms with E-state index in [1.165, 1.54) is 10.8 Å². The summed E-state index contributed by atoms with van der Waals surface area (Å²) < 4.78 is 11.7. The van der Waals surface area contributed by atoms with Gasteiger partial charge in [0.2, 0.25) is 16.6 Å². The molecular formula is C16H28O2Si2. The van der Waals surface area contributed by atoms with Gasteiger partial charge in [-0.1, -0.05) is 36.0 Å². The van der Waals surface area contributed by atoms with E-state index < -0.39 is 16.6 Å². The number of hydrogen-bond acceptors (Lipinski definition) is 2. The van der Waals surface area contributed by atoms with Crippen LogP contribution >= 0.6 is 0 Å². The Morgan fingerprint density at radius 2 is 1.45 bits per heavy atom. The molecule has 0 aliphatic rings. The average molecular weight is 309 g/mol. The molecule has 0 spiro atoms. The Morgan fingerprint density at radius 3 is 1.95 bits per heavy atom. The first-order chi connectivity index (χ1) is 9.30. The van der Waals surface area contributed by atoms with Crippen LogP contribution in [0.25, 0.3) is 6.08 Å². The lowest BCUT2D eigenvalue weighted by Crippen LogP contribution is -2.44. The second kappa shape index (κ2) is 7.36. The van der Waals surface area contributed by atoms with Gasteiger partial charge in [-0.05, 0) is 50.8 Å². The third-order valence-corrected chi connectivity index (χ3v) is 8.04. The molecule has 0 aliphatic heterocycles. The summed E-state index contributed by atoms with van der Waals surface area (Å²) >= 11 is 0. The van der Waals surface area contributed by atoms with Gasteiger partial charge in [-0.2, -0.15) is 0 Å². The summed E-state index contributed by atoms with van der Waals surface area (Å²) in [5, 5.41) is 1.35. The molecule has 1 aromatic carbocycles. The van der Waals surface area contributed by atoms with Crippen molar-refractivity contribution in [3.05, 3.63) is 35.5 Å². The summed E-state index contributed by atoms with van der Waals surface area (Å²) in [5.41, 5.74) is 3.48. The zero-order chi connectivity index (χ0) is 15.2. The predicted molar refractivity (Wildman–Crippen MR) is 93.3 cm³/mol. The maximum absolute atomic E-state index is 5.91. The van der Waals surface area contributed by atoms with Gasteiger partial charge in [0.05, 0.1) is 0 Å². The summed E-state index contributed by atoms with van der Waals surface area (Å²) in [6.07, 6.45) is 2.18. The lowest BCUT2D eigenvalue weighted by molar-refractivity contribution is 0.338. The first kappa shape index (κ1) is 17.4. The van der Waals surface area contributed by atoms with Crippen LogP contribution in [0.3, 0.4) is 0 Å². The van der Waals surface area contributed by atoms with E-state index in [9.17, 15) is 0 Å². The molecule has 4 heteroatoms. The molecule has 0 aromatic heterocycles. The highest BCUT2D eigenvalue weighted by molar-refractivity contribution is 6.84. The fourth-order valence-corrected chi connectivity index (χ4v) is 5.45. The van der Waals surface area contributed by atoms with Crippen LogP contribution in [0.1, 0.15) is 19.4 Å². The fourth-order valence-electron chi connectivity index (χ4n) is 2.16. The van der Waals surface area contributed by atoms with Gasteiger partial charge < -0.3 is 8.85 Å². The highest BCUT2D eigenvalue weighted by Gasteiger charge is 2.24. The van der Waals surface area contributed by atoms with Gasteiger partial charge >= 0.3 is 0 Å². The van der Waals surface area contributed by atoms with Gasteiger partial charge in [0.25, 0.3) is 0 Å². The second-order valence-corrected chi connectivity index (χ2v) is 13.7. The first-order valence-corrected chi connectivity index (χ1v) is 13.3. The lowest BCUT2D eigenvalue weighted by atomic mass is 10.2. The molecule has 0 N–H and O–H groups in total. The summed E-state index contributed by atoms with van der Waals surface area (Å²) in [6, 6.07) is 8.76. The highest BCUT2D eigenvalue weighted by Crippen LogP contribution is 2.11. The smallest absolute Gasteiger partial charge is 0.218 e. The molecule has 0 bridgehead atoms. The quantitative estimate of drug-likeness (QED) is 0.711. The lowest BCUT2D eigenvalue weighted by Gasteiger charge is -2.22. The zero-order valence-electron chi connectivity index (χ0n) is 13.7. The van der Waals surface area contributed by atoms with Crippen molar-refractivity contribution in [3.8, 4) is 0 Å². The molecule has 0 radical (unpaired) electrons.